The summed E-state index contributed by atoms with van der Waals surface area (Å²) in [6.07, 6.45) is 3.02. The van der Waals surface area contributed by atoms with Gasteiger partial charge in [0, 0.05) is 0 Å². The monoisotopic (exact) mass is 190 g/mol. The van der Waals surface area contributed by atoms with Crippen LogP contribution in [0.3, 0.4) is 0 Å². The molecule has 1 heteroatoms. The third-order valence-corrected chi connectivity index (χ3v) is 3.68. The van der Waals surface area contributed by atoms with Gasteiger partial charge in [-0.15, -0.1) is 0 Å². The summed E-state index contributed by atoms with van der Waals surface area (Å²) in [7, 11) is 0. The van der Waals surface area contributed by atoms with E-state index < -0.39 is 5.60 Å². The van der Waals surface area contributed by atoms with E-state index in [1.165, 1.54) is 5.56 Å². The maximum atomic E-state index is 10.6. The number of aryl methyl sites for hydroxylation is 1. The van der Waals surface area contributed by atoms with Crippen LogP contribution in [0.2, 0.25) is 0 Å². The highest BCUT2D eigenvalue weighted by Crippen LogP contribution is 2.41. The Morgan fingerprint density at radius 2 is 2.14 bits per heavy atom. The lowest BCUT2D eigenvalue weighted by molar-refractivity contribution is -0.0313. The van der Waals surface area contributed by atoms with Crippen LogP contribution in [0, 0.1) is 5.92 Å². The Bertz CT molecular complexity index is 332. The molecule has 0 saturated heterocycles. The number of rotatable bonds is 1. The molecule has 0 aliphatic heterocycles. The average molecular weight is 190 g/mol. The van der Waals surface area contributed by atoms with E-state index in [9.17, 15) is 5.11 Å². The van der Waals surface area contributed by atoms with E-state index >= 15 is 0 Å². The topological polar surface area (TPSA) is 20.2 Å². The van der Waals surface area contributed by atoms with Crippen LogP contribution in [0.4, 0.5) is 0 Å². The molecule has 0 fully saturated rings. The molecule has 1 aliphatic carbocycles. The van der Waals surface area contributed by atoms with Gasteiger partial charge in [-0.05, 0) is 36.3 Å². The Hall–Kier alpha value is -0.820. The summed E-state index contributed by atoms with van der Waals surface area (Å²) in [4.78, 5) is 0. The summed E-state index contributed by atoms with van der Waals surface area (Å²) in [6.45, 7) is 4.22. The third kappa shape index (κ3) is 1.27. The Labute approximate surface area is 85.8 Å². The van der Waals surface area contributed by atoms with Crippen LogP contribution in [0.25, 0.3) is 0 Å². The van der Waals surface area contributed by atoms with Crippen molar-refractivity contribution >= 4 is 0 Å². The van der Waals surface area contributed by atoms with E-state index in [1.54, 1.807) is 0 Å². The van der Waals surface area contributed by atoms with Crippen molar-refractivity contribution in [2.75, 3.05) is 0 Å². The second-order valence-electron chi connectivity index (χ2n) is 4.37. The van der Waals surface area contributed by atoms with Crippen LogP contribution in [0.5, 0.6) is 0 Å². The summed E-state index contributed by atoms with van der Waals surface area (Å²) in [5.41, 5.74) is 1.89. The van der Waals surface area contributed by atoms with E-state index in [2.05, 4.69) is 32.0 Å². The second-order valence-corrected chi connectivity index (χ2v) is 4.37. The van der Waals surface area contributed by atoms with Gasteiger partial charge in [0.25, 0.3) is 0 Å². The van der Waals surface area contributed by atoms with Gasteiger partial charge in [0.1, 0.15) is 0 Å². The number of hydrogen-bond donors (Lipinski definition) is 1. The normalized spacial score (nSPS) is 31.2. The molecule has 1 nitrogen and oxygen atoms in total. The van der Waals surface area contributed by atoms with E-state index in [4.69, 9.17) is 0 Å². The van der Waals surface area contributed by atoms with Gasteiger partial charge in [-0.3, -0.25) is 0 Å². The Balaban J connectivity index is 2.52. The lowest BCUT2D eigenvalue weighted by Crippen LogP contribution is -2.37. The largest absolute Gasteiger partial charge is 0.385 e. The molecule has 0 spiro atoms. The molecule has 1 aliphatic rings. The zero-order chi connectivity index (χ0) is 10.2. The first-order chi connectivity index (χ1) is 6.68. The molecular formula is C13H18O. The molecular weight excluding hydrogens is 172 g/mol. The van der Waals surface area contributed by atoms with Crippen molar-refractivity contribution < 1.29 is 5.11 Å². The van der Waals surface area contributed by atoms with Gasteiger partial charge >= 0.3 is 0 Å². The highest BCUT2D eigenvalue weighted by Gasteiger charge is 2.38. The molecule has 2 atom stereocenters. The summed E-state index contributed by atoms with van der Waals surface area (Å²) in [5.74, 6) is 0.377. The predicted molar refractivity (Wildman–Crippen MR) is 58.1 cm³/mol. The molecule has 0 amide bonds. The van der Waals surface area contributed by atoms with Gasteiger partial charge in [-0.25, -0.2) is 0 Å². The highest BCUT2D eigenvalue weighted by molar-refractivity contribution is 5.35. The minimum absolute atomic E-state index is 0.377. The first-order valence-electron chi connectivity index (χ1n) is 5.49. The molecule has 0 radical (unpaired) electrons. The minimum Gasteiger partial charge on any atom is -0.385 e. The molecule has 1 N–H and O–H groups in total. The van der Waals surface area contributed by atoms with Crippen molar-refractivity contribution in [3.05, 3.63) is 35.4 Å². The van der Waals surface area contributed by atoms with Crippen molar-refractivity contribution in [2.24, 2.45) is 5.92 Å². The van der Waals surface area contributed by atoms with Crippen LogP contribution < -0.4 is 0 Å². The van der Waals surface area contributed by atoms with Gasteiger partial charge in [0.2, 0.25) is 0 Å². The standard InChI is InChI=1S/C13H18O/c1-3-13(14)10(2)8-9-11-6-4-5-7-12(11)13/h4-7,10,14H,3,8-9H2,1-2H3/t10-,13-/m0/s1. The highest BCUT2D eigenvalue weighted by atomic mass is 16.3. The quantitative estimate of drug-likeness (QED) is 0.722. The molecule has 0 heterocycles. The first-order valence-corrected chi connectivity index (χ1v) is 5.49. The maximum absolute atomic E-state index is 10.6. The minimum atomic E-state index is -0.588. The first kappa shape index (κ1) is 9.72. The molecule has 2 rings (SSSR count). The lowest BCUT2D eigenvalue weighted by Gasteiger charge is -2.39. The molecule has 1 aromatic rings. The van der Waals surface area contributed by atoms with Crippen molar-refractivity contribution in [1.82, 2.24) is 0 Å². The number of hydrogen-bond acceptors (Lipinski definition) is 1. The summed E-state index contributed by atoms with van der Waals surface area (Å²) < 4.78 is 0. The Morgan fingerprint density at radius 1 is 1.43 bits per heavy atom. The maximum Gasteiger partial charge on any atom is 0.0922 e. The zero-order valence-electron chi connectivity index (χ0n) is 8.96. The molecule has 14 heavy (non-hydrogen) atoms. The summed E-state index contributed by atoms with van der Waals surface area (Å²) in [5, 5.41) is 10.6. The van der Waals surface area contributed by atoms with E-state index in [-0.39, 0.29) is 0 Å². The molecule has 0 saturated carbocycles. The molecule has 0 aromatic heterocycles. The van der Waals surface area contributed by atoms with Crippen molar-refractivity contribution in [3.8, 4) is 0 Å². The van der Waals surface area contributed by atoms with Crippen LogP contribution >= 0.6 is 0 Å². The van der Waals surface area contributed by atoms with Crippen molar-refractivity contribution in [2.45, 2.75) is 38.7 Å². The lowest BCUT2D eigenvalue weighted by atomic mass is 9.71. The van der Waals surface area contributed by atoms with Gasteiger partial charge < -0.3 is 5.11 Å². The average Bonchev–Trinajstić information content (AvgIpc) is 2.24. The fraction of sp³-hybridized carbons (Fsp3) is 0.538. The van der Waals surface area contributed by atoms with E-state index in [1.807, 2.05) is 6.07 Å². The van der Waals surface area contributed by atoms with Crippen LogP contribution in [-0.2, 0) is 12.0 Å². The predicted octanol–water partition coefficient (Wildman–Crippen LogP) is 2.87. The smallest absolute Gasteiger partial charge is 0.0922 e. The number of benzene rings is 1. The Morgan fingerprint density at radius 3 is 2.86 bits per heavy atom. The van der Waals surface area contributed by atoms with Gasteiger partial charge in [-0.2, -0.15) is 0 Å². The van der Waals surface area contributed by atoms with Gasteiger partial charge in [0.05, 0.1) is 5.60 Å². The van der Waals surface area contributed by atoms with Crippen LogP contribution in [0.15, 0.2) is 24.3 Å². The zero-order valence-corrected chi connectivity index (χ0v) is 8.96. The Kier molecular flexibility index (Phi) is 2.36. The fourth-order valence-electron chi connectivity index (χ4n) is 2.58. The van der Waals surface area contributed by atoms with Gasteiger partial charge in [0.15, 0.2) is 0 Å². The third-order valence-electron chi connectivity index (χ3n) is 3.68. The fourth-order valence-corrected chi connectivity index (χ4v) is 2.58. The van der Waals surface area contributed by atoms with Crippen LogP contribution in [-0.4, -0.2) is 5.11 Å². The van der Waals surface area contributed by atoms with Crippen molar-refractivity contribution in [1.29, 1.82) is 0 Å². The molecule has 0 unspecified atom stereocenters. The number of fused-ring (bicyclic) bond motifs is 1. The van der Waals surface area contributed by atoms with E-state index in [0.29, 0.717) is 5.92 Å². The summed E-state index contributed by atoms with van der Waals surface area (Å²) in [6, 6.07) is 8.30. The molecule has 76 valence electrons. The molecule has 0 bridgehead atoms. The van der Waals surface area contributed by atoms with Gasteiger partial charge in [-0.1, -0.05) is 38.1 Å². The SMILES string of the molecule is CC[C@@]1(O)c2ccccc2CC[C@@H]1C. The molecule has 1 aromatic carbocycles. The summed E-state index contributed by atoms with van der Waals surface area (Å²) >= 11 is 0. The van der Waals surface area contributed by atoms with E-state index in [0.717, 1.165) is 24.8 Å². The second kappa shape index (κ2) is 3.39. The van der Waals surface area contributed by atoms with Crippen molar-refractivity contribution in [3.63, 3.8) is 0 Å². The number of aliphatic hydroxyl groups is 1. The van der Waals surface area contributed by atoms with Crippen LogP contribution in [0.1, 0.15) is 37.8 Å².